The zero-order valence-electron chi connectivity index (χ0n) is 20.2. The minimum atomic E-state index is 0.279. The number of Topliss-reactive ketones (excluding diaryl/α,β-unsaturated/α-hetero) is 1. The fraction of sp³-hybridized carbons (Fsp3) is 0.962. The monoisotopic (exact) mass is 470 g/mol. The van der Waals surface area contributed by atoms with Crippen LogP contribution in [0.3, 0.4) is 0 Å². The summed E-state index contributed by atoms with van der Waals surface area (Å²) in [7, 11) is 1.91. The van der Waals surface area contributed by atoms with Gasteiger partial charge in [0.2, 0.25) is 0 Å². The first-order chi connectivity index (χ1) is 14.0. The summed E-state index contributed by atoms with van der Waals surface area (Å²) in [6.07, 6.45) is 11.1. The van der Waals surface area contributed by atoms with E-state index in [2.05, 4.69) is 29.8 Å². The average molecular weight is 472 g/mol. The van der Waals surface area contributed by atoms with E-state index in [0.29, 0.717) is 23.1 Å². The molecular weight excluding hydrogens is 424 g/mol. The Balaban J connectivity index is 0.000000707. The number of halogens is 1. The highest BCUT2D eigenvalue weighted by Gasteiger charge is 2.58. The summed E-state index contributed by atoms with van der Waals surface area (Å²) in [6, 6.07) is 0. The molecule has 2 nitrogen and oxygen atoms in total. The first-order valence-corrected chi connectivity index (χ1v) is 13.7. The zero-order valence-corrected chi connectivity index (χ0v) is 21.8. The fourth-order valence-corrected chi connectivity index (χ4v) is 8.36. The second-order valence-electron chi connectivity index (χ2n) is 9.93. The lowest BCUT2D eigenvalue weighted by atomic mass is 9.49. The van der Waals surface area contributed by atoms with Gasteiger partial charge in [-0.15, -0.1) is 0 Å². The number of alkyl halides is 1. The summed E-state index contributed by atoms with van der Waals surface area (Å²) >= 11 is 3.44. The number of hydrogen-bond acceptors (Lipinski definition) is 2. The first-order valence-electron chi connectivity index (χ1n) is 12.6. The van der Waals surface area contributed by atoms with Crippen molar-refractivity contribution in [2.45, 2.75) is 99.0 Å². The van der Waals surface area contributed by atoms with Gasteiger partial charge in [-0.3, -0.25) is 4.79 Å². The van der Waals surface area contributed by atoms with Crippen LogP contribution in [0, 0.1) is 46.8 Å². The lowest BCUT2D eigenvalue weighted by Gasteiger charge is -2.56. The first kappa shape index (κ1) is 25.4. The maximum absolute atomic E-state index is 12.5. The number of ether oxygens (including phenoxy) is 1. The lowest BCUT2D eigenvalue weighted by Crippen LogP contribution is -2.51. The standard InChI is InChI=1S/C22H35BrO2.2C2H6/c1-13-10-14-4-5-16-15(17(14)11-21(13)25-3)8-9-22(2)18(16)6-7-19(22)20(24)12-23;2*1-2/h13-19,21H,4-12H2,1-3H3;2*1-2H3. The van der Waals surface area contributed by atoms with E-state index in [-0.39, 0.29) is 5.41 Å². The van der Waals surface area contributed by atoms with Crippen LogP contribution < -0.4 is 0 Å². The third-order valence-electron chi connectivity index (χ3n) is 9.16. The Hall–Kier alpha value is 0.110. The van der Waals surface area contributed by atoms with Crippen LogP contribution in [0.5, 0.6) is 0 Å². The Morgan fingerprint density at radius 1 is 0.966 bits per heavy atom. The molecule has 3 heteroatoms. The number of carbonyl (C=O) groups is 1. The van der Waals surface area contributed by atoms with Crippen molar-refractivity contribution in [3.63, 3.8) is 0 Å². The van der Waals surface area contributed by atoms with Crippen LogP contribution >= 0.6 is 15.9 Å². The number of methoxy groups -OCH3 is 1. The molecule has 4 aliphatic rings. The summed E-state index contributed by atoms with van der Waals surface area (Å²) in [4.78, 5) is 12.5. The molecule has 0 heterocycles. The topological polar surface area (TPSA) is 26.3 Å². The van der Waals surface area contributed by atoms with Gasteiger partial charge in [0.15, 0.2) is 0 Å². The summed E-state index contributed by atoms with van der Waals surface area (Å²) in [5.41, 5.74) is 0.279. The number of fused-ring (bicyclic) bond motifs is 5. The highest BCUT2D eigenvalue weighted by molar-refractivity contribution is 9.09. The van der Waals surface area contributed by atoms with Gasteiger partial charge in [-0.2, -0.15) is 0 Å². The zero-order chi connectivity index (χ0) is 21.8. The van der Waals surface area contributed by atoms with Crippen molar-refractivity contribution >= 4 is 21.7 Å². The smallest absolute Gasteiger partial charge is 0.147 e. The van der Waals surface area contributed by atoms with Crippen molar-refractivity contribution in [3.8, 4) is 0 Å². The molecule has 4 rings (SSSR count). The maximum Gasteiger partial charge on any atom is 0.147 e. The summed E-state index contributed by atoms with van der Waals surface area (Å²) in [6.45, 7) is 12.8. The molecule has 29 heavy (non-hydrogen) atoms. The second-order valence-corrected chi connectivity index (χ2v) is 10.5. The summed E-state index contributed by atoms with van der Waals surface area (Å²) < 4.78 is 5.85. The van der Waals surface area contributed by atoms with Gasteiger partial charge in [-0.1, -0.05) is 57.5 Å². The van der Waals surface area contributed by atoms with Crippen LogP contribution in [0.25, 0.3) is 0 Å². The van der Waals surface area contributed by atoms with Crippen LogP contribution in [-0.2, 0) is 9.53 Å². The molecule has 0 amide bonds. The van der Waals surface area contributed by atoms with Gasteiger partial charge in [0, 0.05) is 13.0 Å². The van der Waals surface area contributed by atoms with Crippen molar-refractivity contribution in [1.29, 1.82) is 0 Å². The summed E-state index contributed by atoms with van der Waals surface area (Å²) in [5.74, 6) is 5.89. The SMILES string of the molecule is CC.CC.COC1CC2C(CCC3C2CCC2(C)C(C(=O)CBr)CCC32)CC1C. The van der Waals surface area contributed by atoms with Gasteiger partial charge in [0.25, 0.3) is 0 Å². The number of carbonyl (C=O) groups excluding carboxylic acids is 1. The maximum atomic E-state index is 12.5. The molecule has 170 valence electrons. The third kappa shape index (κ3) is 4.66. The molecule has 0 bridgehead atoms. The molecule has 0 radical (unpaired) electrons. The van der Waals surface area contributed by atoms with E-state index in [4.69, 9.17) is 4.74 Å². The van der Waals surface area contributed by atoms with E-state index in [1.807, 2.05) is 34.8 Å². The van der Waals surface area contributed by atoms with Crippen LogP contribution in [0.15, 0.2) is 0 Å². The molecule has 4 fully saturated rings. The highest BCUT2D eigenvalue weighted by Crippen LogP contribution is 2.64. The minimum Gasteiger partial charge on any atom is -0.381 e. The van der Waals surface area contributed by atoms with E-state index in [0.717, 1.165) is 41.9 Å². The van der Waals surface area contributed by atoms with Crippen LogP contribution in [0.2, 0.25) is 0 Å². The highest BCUT2D eigenvalue weighted by atomic mass is 79.9. The van der Waals surface area contributed by atoms with Crippen LogP contribution in [0.4, 0.5) is 0 Å². The predicted molar refractivity (Wildman–Crippen MR) is 127 cm³/mol. The normalized spacial score (nSPS) is 45.4. The molecule has 0 saturated heterocycles. The molecular formula is C26H47BrO2. The van der Waals surface area contributed by atoms with Crippen molar-refractivity contribution in [1.82, 2.24) is 0 Å². The number of ketones is 1. The molecule has 0 spiro atoms. The largest absolute Gasteiger partial charge is 0.381 e. The predicted octanol–water partition coefficient (Wildman–Crippen LogP) is 7.53. The number of hydrogen-bond donors (Lipinski definition) is 0. The summed E-state index contributed by atoms with van der Waals surface area (Å²) in [5, 5.41) is 0.548. The fourth-order valence-electron chi connectivity index (χ4n) is 7.97. The molecule has 4 saturated carbocycles. The molecule has 0 aromatic heterocycles. The van der Waals surface area contributed by atoms with E-state index < -0.39 is 0 Å². The van der Waals surface area contributed by atoms with E-state index >= 15 is 0 Å². The quantitative estimate of drug-likeness (QED) is 0.398. The lowest BCUT2D eigenvalue weighted by molar-refractivity contribution is -0.129. The second kappa shape index (κ2) is 11.1. The van der Waals surface area contributed by atoms with Crippen molar-refractivity contribution in [2.75, 3.05) is 12.4 Å². The molecule has 0 aromatic rings. The Labute approximate surface area is 189 Å². The molecule has 9 unspecified atom stereocenters. The Morgan fingerprint density at radius 3 is 2.28 bits per heavy atom. The Morgan fingerprint density at radius 2 is 1.66 bits per heavy atom. The van der Waals surface area contributed by atoms with E-state index in [9.17, 15) is 4.79 Å². The van der Waals surface area contributed by atoms with Gasteiger partial charge in [0.05, 0.1) is 11.4 Å². The van der Waals surface area contributed by atoms with Crippen molar-refractivity contribution < 1.29 is 9.53 Å². The average Bonchev–Trinajstić information content (AvgIpc) is 3.12. The van der Waals surface area contributed by atoms with Gasteiger partial charge in [-0.05, 0) is 92.3 Å². The minimum absolute atomic E-state index is 0.279. The Bertz CT molecular complexity index is 521. The third-order valence-corrected chi connectivity index (χ3v) is 9.71. The molecule has 0 aliphatic heterocycles. The van der Waals surface area contributed by atoms with Crippen molar-refractivity contribution in [2.24, 2.45) is 46.8 Å². The number of rotatable bonds is 3. The van der Waals surface area contributed by atoms with Gasteiger partial charge >= 0.3 is 0 Å². The van der Waals surface area contributed by atoms with E-state index in [1.54, 1.807) is 0 Å². The Kier molecular flexibility index (Phi) is 9.73. The van der Waals surface area contributed by atoms with Crippen LogP contribution in [0.1, 0.15) is 92.9 Å². The molecule has 4 aliphatic carbocycles. The van der Waals surface area contributed by atoms with E-state index in [1.165, 1.54) is 44.9 Å². The van der Waals surface area contributed by atoms with Crippen molar-refractivity contribution in [3.05, 3.63) is 0 Å². The van der Waals surface area contributed by atoms with Gasteiger partial charge < -0.3 is 4.74 Å². The van der Waals surface area contributed by atoms with Crippen LogP contribution in [-0.4, -0.2) is 24.3 Å². The molecule has 0 N–H and O–H groups in total. The molecule has 0 aromatic carbocycles. The van der Waals surface area contributed by atoms with Gasteiger partial charge in [-0.25, -0.2) is 0 Å². The van der Waals surface area contributed by atoms with Gasteiger partial charge in [0.1, 0.15) is 5.78 Å². The molecule has 9 atom stereocenters.